The Balaban J connectivity index is 1.48. The van der Waals surface area contributed by atoms with Crippen LogP contribution in [0, 0.1) is 10.1 Å². The molecule has 3 aromatic carbocycles. The van der Waals surface area contributed by atoms with Crippen LogP contribution in [0.5, 0.6) is 0 Å². The van der Waals surface area contributed by atoms with Crippen LogP contribution < -0.4 is 10.6 Å². The quantitative estimate of drug-likeness (QED) is 0.236. The van der Waals surface area contributed by atoms with Crippen molar-refractivity contribution in [2.24, 2.45) is 0 Å². The van der Waals surface area contributed by atoms with Gasteiger partial charge < -0.3 is 20.4 Å². The lowest BCUT2D eigenvalue weighted by atomic mass is 10.0. The second-order valence-electron chi connectivity index (χ2n) is 9.49. The standard InChI is InChI=1S/C29H31N5O4S/c1-32(20-22-13-6-3-7-14-22)28(36)24(19-21-11-4-2-5-12-21)30-27(35)26-17-10-18-33(26)29(39)31-23-15-8-9-16-25(23)34(37)38/h2-9,11-16,24,26H,10,17-20H2,1H3,(H,30,35)(H,31,39). The van der Waals surface area contributed by atoms with Crippen LogP contribution in [-0.4, -0.2) is 57.3 Å². The highest BCUT2D eigenvalue weighted by Crippen LogP contribution is 2.26. The van der Waals surface area contributed by atoms with E-state index in [1.807, 2.05) is 60.7 Å². The predicted molar refractivity (Wildman–Crippen MR) is 154 cm³/mol. The van der Waals surface area contributed by atoms with Gasteiger partial charge in [-0.1, -0.05) is 72.8 Å². The van der Waals surface area contributed by atoms with Crippen LogP contribution in [0.25, 0.3) is 0 Å². The first kappa shape index (κ1) is 27.7. The van der Waals surface area contributed by atoms with Crippen molar-refractivity contribution in [2.75, 3.05) is 18.9 Å². The number of anilines is 1. The van der Waals surface area contributed by atoms with Crippen LogP contribution in [0.2, 0.25) is 0 Å². The van der Waals surface area contributed by atoms with Crippen molar-refractivity contribution in [2.45, 2.75) is 37.9 Å². The number of nitrogens with zero attached hydrogens (tertiary/aromatic N) is 3. The highest BCUT2D eigenvalue weighted by Gasteiger charge is 2.35. The summed E-state index contributed by atoms with van der Waals surface area (Å²) in [6.45, 7) is 0.940. The zero-order valence-electron chi connectivity index (χ0n) is 21.7. The maximum Gasteiger partial charge on any atom is 0.292 e. The molecule has 3 aromatic rings. The van der Waals surface area contributed by atoms with Gasteiger partial charge in [0.25, 0.3) is 5.69 Å². The van der Waals surface area contributed by atoms with Crippen molar-refractivity contribution >= 4 is 40.5 Å². The largest absolute Gasteiger partial charge is 0.342 e. The summed E-state index contributed by atoms with van der Waals surface area (Å²) in [5.74, 6) is -0.497. The van der Waals surface area contributed by atoms with Gasteiger partial charge in [0.1, 0.15) is 17.8 Å². The van der Waals surface area contributed by atoms with E-state index in [0.29, 0.717) is 25.9 Å². The van der Waals surface area contributed by atoms with Gasteiger partial charge in [0.05, 0.1) is 4.92 Å². The Labute approximate surface area is 233 Å². The molecular formula is C29H31N5O4S. The van der Waals surface area contributed by atoms with E-state index in [9.17, 15) is 19.7 Å². The number of para-hydroxylation sites is 2. The zero-order chi connectivity index (χ0) is 27.8. The molecule has 1 saturated heterocycles. The summed E-state index contributed by atoms with van der Waals surface area (Å²) in [7, 11) is 1.73. The Hall–Kier alpha value is -4.31. The summed E-state index contributed by atoms with van der Waals surface area (Å²) in [5, 5.41) is 17.6. The van der Waals surface area contributed by atoms with Gasteiger partial charge in [0.2, 0.25) is 11.8 Å². The highest BCUT2D eigenvalue weighted by molar-refractivity contribution is 7.80. The minimum absolute atomic E-state index is 0.102. The number of carbonyl (C=O) groups is 2. The molecule has 2 N–H and O–H groups in total. The van der Waals surface area contributed by atoms with Crippen LogP contribution in [0.1, 0.15) is 24.0 Å². The van der Waals surface area contributed by atoms with Gasteiger partial charge in [-0.3, -0.25) is 19.7 Å². The number of likely N-dealkylation sites (tertiary alicyclic amines) is 1. The van der Waals surface area contributed by atoms with Crippen molar-refractivity contribution in [1.29, 1.82) is 0 Å². The van der Waals surface area contributed by atoms with Crippen molar-refractivity contribution < 1.29 is 14.5 Å². The monoisotopic (exact) mass is 545 g/mol. The number of likely N-dealkylation sites (N-methyl/N-ethyl adjacent to an activating group) is 1. The third kappa shape index (κ3) is 7.17. The number of rotatable bonds is 9. The molecule has 9 nitrogen and oxygen atoms in total. The summed E-state index contributed by atoms with van der Waals surface area (Å²) in [6, 6.07) is 24.1. The lowest BCUT2D eigenvalue weighted by Crippen LogP contribution is -2.54. The fraction of sp³-hybridized carbons (Fsp3) is 0.276. The number of hydrogen-bond donors (Lipinski definition) is 2. The number of nitro groups is 1. The molecule has 1 fully saturated rings. The molecule has 2 atom stereocenters. The lowest BCUT2D eigenvalue weighted by Gasteiger charge is -2.30. The highest BCUT2D eigenvalue weighted by atomic mass is 32.1. The minimum atomic E-state index is -0.771. The average Bonchev–Trinajstić information content (AvgIpc) is 3.44. The molecule has 0 bridgehead atoms. The van der Waals surface area contributed by atoms with Crippen LogP contribution >= 0.6 is 12.2 Å². The molecule has 0 saturated carbocycles. The van der Waals surface area contributed by atoms with E-state index >= 15 is 0 Å². The maximum atomic E-state index is 13.6. The summed E-state index contributed by atoms with van der Waals surface area (Å²) in [6.07, 6.45) is 1.62. The first-order valence-electron chi connectivity index (χ1n) is 12.8. The molecular weight excluding hydrogens is 514 g/mol. The molecule has 0 aliphatic carbocycles. The van der Waals surface area contributed by atoms with Gasteiger partial charge in [-0.15, -0.1) is 0 Å². The zero-order valence-corrected chi connectivity index (χ0v) is 22.5. The third-order valence-electron chi connectivity index (χ3n) is 6.69. The van der Waals surface area contributed by atoms with Gasteiger partial charge in [-0.25, -0.2) is 0 Å². The van der Waals surface area contributed by atoms with Crippen molar-refractivity contribution in [3.63, 3.8) is 0 Å². The summed E-state index contributed by atoms with van der Waals surface area (Å²) < 4.78 is 0. The van der Waals surface area contributed by atoms with Crippen molar-refractivity contribution in [3.05, 3.63) is 106 Å². The second kappa shape index (κ2) is 13.0. The van der Waals surface area contributed by atoms with E-state index in [-0.39, 0.29) is 28.3 Å². The molecule has 1 heterocycles. The number of thiocarbonyl (C=S) groups is 1. The van der Waals surface area contributed by atoms with E-state index < -0.39 is 17.0 Å². The number of hydrogen-bond acceptors (Lipinski definition) is 5. The SMILES string of the molecule is CN(Cc1ccccc1)C(=O)C(Cc1ccccc1)NC(=O)C1CCCN1C(=S)Nc1ccccc1[N+](=O)[O-]. The predicted octanol–water partition coefficient (Wildman–Crippen LogP) is 4.14. The Kier molecular flexibility index (Phi) is 9.22. The number of amides is 2. The molecule has 10 heteroatoms. The number of nitro benzene ring substituents is 1. The Morgan fingerprint density at radius 2 is 1.64 bits per heavy atom. The van der Waals surface area contributed by atoms with Crippen molar-refractivity contribution in [3.8, 4) is 0 Å². The molecule has 39 heavy (non-hydrogen) atoms. The molecule has 4 rings (SSSR count). The molecule has 2 amide bonds. The summed E-state index contributed by atoms with van der Waals surface area (Å²) in [4.78, 5) is 41.4. The van der Waals surface area contributed by atoms with E-state index in [2.05, 4.69) is 10.6 Å². The number of benzene rings is 3. The fourth-order valence-corrected chi connectivity index (χ4v) is 5.06. The maximum absolute atomic E-state index is 13.6. The second-order valence-corrected chi connectivity index (χ2v) is 9.87. The van der Waals surface area contributed by atoms with Gasteiger partial charge in [0, 0.05) is 32.6 Å². The summed E-state index contributed by atoms with van der Waals surface area (Å²) in [5.41, 5.74) is 2.08. The van der Waals surface area contributed by atoms with Gasteiger partial charge in [-0.05, 0) is 42.3 Å². The molecule has 1 aliphatic heterocycles. The van der Waals surface area contributed by atoms with Crippen LogP contribution in [-0.2, 0) is 22.6 Å². The average molecular weight is 546 g/mol. The molecule has 0 aromatic heterocycles. The smallest absolute Gasteiger partial charge is 0.292 e. The van der Waals surface area contributed by atoms with Gasteiger partial charge in [0.15, 0.2) is 5.11 Å². The molecule has 0 radical (unpaired) electrons. The lowest BCUT2D eigenvalue weighted by molar-refractivity contribution is -0.383. The minimum Gasteiger partial charge on any atom is -0.342 e. The molecule has 0 spiro atoms. The van der Waals surface area contributed by atoms with E-state index in [1.54, 1.807) is 35.0 Å². The van der Waals surface area contributed by atoms with Crippen LogP contribution in [0.3, 0.4) is 0 Å². The first-order chi connectivity index (χ1) is 18.8. The number of nitrogens with one attached hydrogen (secondary N) is 2. The molecule has 2 unspecified atom stereocenters. The summed E-state index contributed by atoms with van der Waals surface area (Å²) >= 11 is 5.56. The Morgan fingerprint density at radius 3 is 2.31 bits per heavy atom. The first-order valence-corrected chi connectivity index (χ1v) is 13.2. The molecule has 202 valence electrons. The molecule has 1 aliphatic rings. The Morgan fingerprint density at radius 1 is 1.03 bits per heavy atom. The van der Waals surface area contributed by atoms with Crippen LogP contribution in [0.4, 0.5) is 11.4 Å². The van der Waals surface area contributed by atoms with Gasteiger partial charge in [-0.2, -0.15) is 0 Å². The van der Waals surface area contributed by atoms with Crippen molar-refractivity contribution in [1.82, 2.24) is 15.1 Å². The van der Waals surface area contributed by atoms with Gasteiger partial charge >= 0.3 is 0 Å². The Bertz CT molecular complexity index is 1320. The van der Waals surface area contributed by atoms with E-state index in [1.165, 1.54) is 6.07 Å². The number of carbonyl (C=O) groups excluding carboxylic acids is 2. The normalized spacial score (nSPS) is 15.3. The topological polar surface area (TPSA) is 108 Å². The van der Waals surface area contributed by atoms with Crippen LogP contribution in [0.15, 0.2) is 84.9 Å². The fourth-order valence-electron chi connectivity index (χ4n) is 4.73. The van der Waals surface area contributed by atoms with E-state index in [0.717, 1.165) is 17.5 Å². The van der Waals surface area contributed by atoms with E-state index in [4.69, 9.17) is 12.2 Å². The third-order valence-corrected chi connectivity index (χ3v) is 7.03.